The van der Waals surface area contributed by atoms with Crippen LogP contribution in [0.3, 0.4) is 0 Å². The molecule has 0 spiro atoms. The SMILES string of the molecule is CCCCNC(=O)[C@H](Cc1ccccc1)N(Cc1ccc(F)cc1)C(=O)CN(c1cc(Cl)ccc1OC)S(=O)(=O)c1ccc(C)cc1. The van der Waals surface area contributed by atoms with Crippen molar-refractivity contribution < 1.29 is 27.1 Å². The topological polar surface area (TPSA) is 96.0 Å². The number of carbonyl (C=O) groups is 2. The smallest absolute Gasteiger partial charge is 0.264 e. The van der Waals surface area contributed by atoms with Gasteiger partial charge in [-0.3, -0.25) is 13.9 Å². The Morgan fingerprint density at radius 2 is 1.62 bits per heavy atom. The Bertz CT molecular complexity index is 1750. The van der Waals surface area contributed by atoms with Gasteiger partial charge in [0.1, 0.15) is 24.2 Å². The van der Waals surface area contributed by atoms with E-state index in [2.05, 4.69) is 5.32 Å². The van der Waals surface area contributed by atoms with Crippen molar-refractivity contribution in [2.24, 2.45) is 0 Å². The minimum atomic E-state index is -4.35. The molecule has 8 nitrogen and oxygen atoms in total. The molecular formula is C36H39ClFN3O5S. The van der Waals surface area contributed by atoms with Gasteiger partial charge in [-0.05, 0) is 66.9 Å². The molecule has 1 N–H and O–H groups in total. The van der Waals surface area contributed by atoms with Crippen LogP contribution in [0, 0.1) is 12.7 Å². The molecule has 0 unspecified atom stereocenters. The number of unbranched alkanes of at least 4 members (excludes halogenated alkanes) is 1. The van der Waals surface area contributed by atoms with E-state index in [0.29, 0.717) is 12.1 Å². The number of benzene rings is 4. The van der Waals surface area contributed by atoms with Crippen LogP contribution in [-0.4, -0.2) is 51.4 Å². The second-order valence-electron chi connectivity index (χ2n) is 11.1. The number of sulfonamides is 1. The van der Waals surface area contributed by atoms with E-state index in [1.165, 1.54) is 60.5 Å². The van der Waals surface area contributed by atoms with Gasteiger partial charge in [-0.2, -0.15) is 0 Å². The lowest BCUT2D eigenvalue weighted by Gasteiger charge is -2.34. The lowest BCUT2D eigenvalue weighted by molar-refractivity contribution is -0.140. The Morgan fingerprint density at radius 1 is 0.936 bits per heavy atom. The number of halogens is 2. The highest BCUT2D eigenvalue weighted by atomic mass is 35.5. The van der Waals surface area contributed by atoms with Crippen LogP contribution in [0.2, 0.25) is 5.02 Å². The molecule has 248 valence electrons. The fourth-order valence-corrected chi connectivity index (χ4v) is 6.64. The number of aryl methyl sites for hydroxylation is 1. The van der Waals surface area contributed by atoms with Crippen LogP contribution >= 0.6 is 11.6 Å². The fourth-order valence-electron chi connectivity index (χ4n) is 5.06. The molecule has 0 aromatic heterocycles. The first-order valence-corrected chi connectivity index (χ1v) is 17.1. The maximum Gasteiger partial charge on any atom is 0.264 e. The first-order chi connectivity index (χ1) is 22.5. The third-order valence-corrected chi connectivity index (χ3v) is 9.67. The predicted octanol–water partition coefficient (Wildman–Crippen LogP) is 6.55. The fraction of sp³-hybridized carbons (Fsp3) is 0.278. The number of methoxy groups -OCH3 is 1. The zero-order valence-corrected chi connectivity index (χ0v) is 28.2. The third kappa shape index (κ3) is 9.33. The second-order valence-corrected chi connectivity index (χ2v) is 13.4. The first-order valence-electron chi connectivity index (χ1n) is 15.3. The van der Waals surface area contributed by atoms with E-state index in [1.54, 1.807) is 18.2 Å². The van der Waals surface area contributed by atoms with Crippen LogP contribution in [0.5, 0.6) is 5.75 Å². The molecule has 47 heavy (non-hydrogen) atoms. The van der Waals surface area contributed by atoms with E-state index in [4.69, 9.17) is 16.3 Å². The van der Waals surface area contributed by atoms with Crippen molar-refractivity contribution in [1.29, 1.82) is 0 Å². The molecule has 0 saturated heterocycles. The molecule has 4 aromatic rings. The van der Waals surface area contributed by atoms with E-state index in [1.807, 2.05) is 44.2 Å². The summed E-state index contributed by atoms with van der Waals surface area (Å²) in [6, 6.07) is 24.6. The molecule has 2 amide bonds. The zero-order chi connectivity index (χ0) is 34.0. The third-order valence-electron chi connectivity index (χ3n) is 7.66. The van der Waals surface area contributed by atoms with Gasteiger partial charge in [0.2, 0.25) is 11.8 Å². The Kier molecular flexibility index (Phi) is 12.4. The summed E-state index contributed by atoms with van der Waals surface area (Å²) in [5.74, 6) is -1.31. The highest BCUT2D eigenvalue weighted by Crippen LogP contribution is 2.35. The van der Waals surface area contributed by atoms with Crippen molar-refractivity contribution in [3.05, 3.63) is 125 Å². The summed E-state index contributed by atoms with van der Waals surface area (Å²) in [7, 11) is -2.96. The van der Waals surface area contributed by atoms with E-state index < -0.39 is 34.3 Å². The van der Waals surface area contributed by atoms with Gasteiger partial charge < -0.3 is 15.0 Å². The maximum absolute atomic E-state index is 14.6. The summed E-state index contributed by atoms with van der Waals surface area (Å²) < 4.78 is 48.9. The molecule has 0 aliphatic heterocycles. The minimum Gasteiger partial charge on any atom is -0.495 e. The van der Waals surface area contributed by atoms with Crippen LogP contribution in [-0.2, 0) is 32.6 Å². The molecule has 1 atom stereocenters. The monoisotopic (exact) mass is 679 g/mol. The van der Waals surface area contributed by atoms with Gasteiger partial charge >= 0.3 is 0 Å². The predicted molar refractivity (Wildman–Crippen MR) is 183 cm³/mol. The lowest BCUT2D eigenvalue weighted by atomic mass is 10.0. The van der Waals surface area contributed by atoms with E-state index in [-0.39, 0.29) is 40.2 Å². The van der Waals surface area contributed by atoms with Crippen molar-refractivity contribution in [2.75, 3.05) is 24.5 Å². The van der Waals surface area contributed by atoms with Crippen LogP contribution < -0.4 is 14.4 Å². The van der Waals surface area contributed by atoms with Gasteiger partial charge in [-0.15, -0.1) is 0 Å². The molecule has 0 heterocycles. The summed E-state index contributed by atoms with van der Waals surface area (Å²) >= 11 is 6.34. The van der Waals surface area contributed by atoms with Gasteiger partial charge in [-0.1, -0.05) is 85.1 Å². The molecular weight excluding hydrogens is 641 g/mol. The van der Waals surface area contributed by atoms with E-state index >= 15 is 0 Å². The van der Waals surface area contributed by atoms with Crippen molar-refractivity contribution in [2.45, 2.75) is 50.6 Å². The molecule has 0 radical (unpaired) electrons. The second kappa shape index (κ2) is 16.4. The van der Waals surface area contributed by atoms with E-state index in [9.17, 15) is 22.4 Å². The normalized spacial score (nSPS) is 11.9. The summed E-state index contributed by atoms with van der Waals surface area (Å²) in [6.45, 7) is 3.49. The van der Waals surface area contributed by atoms with Crippen molar-refractivity contribution >= 4 is 39.1 Å². The molecule has 4 aromatic carbocycles. The average Bonchev–Trinajstić information content (AvgIpc) is 3.06. The van der Waals surface area contributed by atoms with Crippen LogP contribution in [0.25, 0.3) is 0 Å². The molecule has 0 saturated carbocycles. The number of anilines is 1. The summed E-state index contributed by atoms with van der Waals surface area (Å²) in [4.78, 5) is 29.7. The number of hydrogen-bond acceptors (Lipinski definition) is 5. The van der Waals surface area contributed by atoms with Gasteiger partial charge in [0.05, 0.1) is 17.7 Å². The average molecular weight is 680 g/mol. The number of rotatable bonds is 15. The van der Waals surface area contributed by atoms with Gasteiger partial charge in [0.15, 0.2) is 0 Å². The van der Waals surface area contributed by atoms with Crippen molar-refractivity contribution in [3.63, 3.8) is 0 Å². The number of nitrogens with one attached hydrogen (secondary N) is 1. The molecule has 0 aliphatic rings. The largest absolute Gasteiger partial charge is 0.495 e. The van der Waals surface area contributed by atoms with Gasteiger partial charge in [0, 0.05) is 24.5 Å². The van der Waals surface area contributed by atoms with Gasteiger partial charge in [-0.25, -0.2) is 12.8 Å². The molecule has 0 bridgehead atoms. The van der Waals surface area contributed by atoms with Crippen LogP contribution in [0.1, 0.15) is 36.5 Å². The minimum absolute atomic E-state index is 0.0406. The number of nitrogens with zero attached hydrogens (tertiary/aromatic N) is 2. The van der Waals surface area contributed by atoms with Crippen molar-refractivity contribution in [1.82, 2.24) is 10.2 Å². The number of amides is 2. The Balaban J connectivity index is 1.83. The highest BCUT2D eigenvalue weighted by Gasteiger charge is 2.35. The number of hydrogen-bond donors (Lipinski definition) is 1. The number of carbonyl (C=O) groups excluding carboxylic acids is 2. The van der Waals surface area contributed by atoms with Crippen LogP contribution in [0.4, 0.5) is 10.1 Å². The van der Waals surface area contributed by atoms with Gasteiger partial charge in [0.25, 0.3) is 10.0 Å². The Hall–Kier alpha value is -4.41. The van der Waals surface area contributed by atoms with E-state index in [0.717, 1.165) is 28.3 Å². The number of ether oxygens (including phenoxy) is 1. The Labute approximate surface area is 281 Å². The lowest BCUT2D eigenvalue weighted by Crippen LogP contribution is -2.53. The summed E-state index contributed by atoms with van der Waals surface area (Å²) in [5.41, 5.74) is 2.28. The standard InChI is InChI=1S/C36H39ClFN3O5S/c1-4-5-21-39-36(43)33(22-27-9-7-6-8-10-27)40(24-28-13-16-30(38)17-14-28)35(42)25-41(32-23-29(37)15-20-34(32)46-3)47(44,45)31-18-11-26(2)12-19-31/h6-20,23,33H,4-5,21-22,24-25H2,1-3H3,(H,39,43)/t33-/m0/s1. The molecule has 0 fully saturated rings. The summed E-state index contributed by atoms with van der Waals surface area (Å²) in [5, 5.41) is 3.18. The molecule has 0 aliphatic carbocycles. The van der Waals surface area contributed by atoms with Crippen molar-refractivity contribution in [3.8, 4) is 5.75 Å². The zero-order valence-electron chi connectivity index (χ0n) is 26.7. The quantitative estimate of drug-likeness (QED) is 0.144. The summed E-state index contributed by atoms with van der Waals surface area (Å²) in [6.07, 6.45) is 1.76. The first kappa shape index (κ1) is 35.4. The van der Waals surface area contributed by atoms with Crippen LogP contribution in [0.15, 0.2) is 102 Å². The molecule has 4 rings (SSSR count). The molecule has 11 heteroatoms. The maximum atomic E-state index is 14.6. The Morgan fingerprint density at radius 3 is 2.26 bits per heavy atom. The highest BCUT2D eigenvalue weighted by molar-refractivity contribution is 7.92.